The molecular weight excluding hydrogens is 364 g/mol. The first kappa shape index (κ1) is 18.6. The number of aryl methyl sites for hydroxylation is 1. The summed E-state index contributed by atoms with van der Waals surface area (Å²) in [7, 11) is 1.60. The molecule has 4 rings (SSSR count). The molecule has 5 heteroatoms. The number of hydrogen-bond donors (Lipinski definition) is 1. The van der Waals surface area contributed by atoms with Gasteiger partial charge in [-0.3, -0.25) is 14.4 Å². The molecule has 1 aliphatic rings. The van der Waals surface area contributed by atoms with Crippen LogP contribution < -0.4 is 10.2 Å². The number of carbonyl (C=O) groups excluding carboxylic acids is 3. The summed E-state index contributed by atoms with van der Waals surface area (Å²) in [6.45, 7) is 3.42. The molecule has 0 bridgehead atoms. The molecule has 0 radical (unpaired) electrons. The van der Waals surface area contributed by atoms with E-state index in [1.54, 1.807) is 43.4 Å². The Labute approximate surface area is 169 Å². The molecule has 1 N–H and O–H groups in total. The van der Waals surface area contributed by atoms with Gasteiger partial charge in [0, 0.05) is 30.8 Å². The molecule has 3 aromatic carbocycles. The van der Waals surface area contributed by atoms with Crippen LogP contribution in [0.1, 0.15) is 44.3 Å². The molecule has 3 aromatic rings. The van der Waals surface area contributed by atoms with Crippen molar-refractivity contribution in [3.05, 3.63) is 88.5 Å². The van der Waals surface area contributed by atoms with Crippen LogP contribution in [0.2, 0.25) is 0 Å². The van der Waals surface area contributed by atoms with Crippen molar-refractivity contribution in [2.24, 2.45) is 0 Å². The van der Waals surface area contributed by atoms with Crippen molar-refractivity contribution in [1.29, 1.82) is 0 Å². The van der Waals surface area contributed by atoms with Gasteiger partial charge in [-0.25, -0.2) is 0 Å². The highest BCUT2D eigenvalue weighted by atomic mass is 16.2. The van der Waals surface area contributed by atoms with E-state index in [4.69, 9.17) is 0 Å². The monoisotopic (exact) mass is 384 g/mol. The fourth-order valence-electron chi connectivity index (χ4n) is 3.55. The van der Waals surface area contributed by atoms with Crippen LogP contribution in [0.3, 0.4) is 0 Å². The Kier molecular flexibility index (Phi) is 4.51. The molecule has 0 saturated heterocycles. The van der Waals surface area contributed by atoms with Crippen LogP contribution in [0.25, 0.3) is 0 Å². The highest BCUT2D eigenvalue weighted by molar-refractivity contribution is 6.32. The third-order valence-electron chi connectivity index (χ3n) is 5.22. The average molecular weight is 384 g/mol. The molecule has 0 atom stereocenters. The Balaban J connectivity index is 1.94. The number of carbonyl (C=O) groups is 3. The molecule has 0 heterocycles. The standard InChI is InChI=1S/C24H20N2O3/c1-14-8-10-16(11-9-14)25-19-12-13-20(26(3)15(2)27)22-21(19)23(28)17-6-4-5-7-18(17)24(22)29/h4-13,25H,1-3H3. The Hall–Kier alpha value is -3.73. The minimum Gasteiger partial charge on any atom is -0.355 e. The van der Waals surface area contributed by atoms with Gasteiger partial charge >= 0.3 is 0 Å². The van der Waals surface area contributed by atoms with Crippen molar-refractivity contribution in [2.75, 3.05) is 17.3 Å². The van der Waals surface area contributed by atoms with Gasteiger partial charge in [-0.2, -0.15) is 0 Å². The molecule has 29 heavy (non-hydrogen) atoms. The Morgan fingerprint density at radius 1 is 0.828 bits per heavy atom. The highest BCUT2D eigenvalue weighted by Crippen LogP contribution is 2.38. The van der Waals surface area contributed by atoms with Crippen LogP contribution in [0.4, 0.5) is 17.1 Å². The van der Waals surface area contributed by atoms with Crippen LogP contribution in [0.15, 0.2) is 60.7 Å². The lowest BCUT2D eigenvalue weighted by atomic mass is 9.82. The smallest absolute Gasteiger partial charge is 0.223 e. The second-order valence-electron chi connectivity index (χ2n) is 7.16. The van der Waals surface area contributed by atoms with Crippen LogP contribution in [0, 0.1) is 6.92 Å². The van der Waals surface area contributed by atoms with Crippen molar-refractivity contribution < 1.29 is 14.4 Å². The first-order chi connectivity index (χ1) is 13.9. The van der Waals surface area contributed by atoms with Crippen LogP contribution in [-0.2, 0) is 4.79 Å². The maximum absolute atomic E-state index is 13.4. The number of rotatable bonds is 3. The molecule has 0 spiro atoms. The number of hydrogen-bond acceptors (Lipinski definition) is 4. The maximum atomic E-state index is 13.4. The van der Waals surface area contributed by atoms with E-state index in [1.165, 1.54) is 11.8 Å². The van der Waals surface area contributed by atoms with Gasteiger partial charge in [0.1, 0.15) is 0 Å². The summed E-state index contributed by atoms with van der Waals surface area (Å²) in [5.74, 6) is -0.708. The summed E-state index contributed by atoms with van der Waals surface area (Å²) in [6.07, 6.45) is 0. The predicted molar refractivity (Wildman–Crippen MR) is 113 cm³/mol. The first-order valence-corrected chi connectivity index (χ1v) is 9.32. The molecular formula is C24H20N2O3. The Morgan fingerprint density at radius 3 is 2.00 bits per heavy atom. The average Bonchev–Trinajstić information content (AvgIpc) is 2.72. The molecule has 0 saturated carbocycles. The SMILES string of the molecule is CC(=O)N(C)c1ccc(Nc2ccc(C)cc2)c2c1C(=O)c1ccccc1C2=O. The highest BCUT2D eigenvalue weighted by Gasteiger charge is 2.35. The number of ketones is 2. The van der Waals surface area contributed by atoms with E-state index in [0.717, 1.165) is 11.3 Å². The summed E-state index contributed by atoms with van der Waals surface area (Å²) < 4.78 is 0. The van der Waals surface area contributed by atoms with E-state index >= 15 is 0 Å². The van der Waals surface area contributed by atoms with Crippen molar-refractivity contribution in [1.82, 2.24) is 0 Å². The number of fused-ring (bicyclic) bond motifs is 2. The van der Waals surface area contributed by atoms with Crippen molar-refractivity contribution in [3.8, 4) is 0 Å². The zero-order chi connectivity index (χ0) is 20.7. The molecule has 0 unspecified atom stereocenters. The second kappa shape index (κ2) is 7.02. The van der Waals surface area contributed by atoms with Gasteiger partial charge in [-0.15, -0.1) is 0 Å². The van der Waals surface area contributed by atoms with Gasteiger partial charge in [0.05, 0.1) is 22.5 Å². The van der Waals surface area contributed by atoms with E-state index in [1.807, 2.05) is 31.2 Å². The first-order valence-electron chi connectivity index (χ1n) is 9.32. The summed E-state index contributed by atoms with van der Waals surface area (Å²) in [6, 6.07) is 18.0. The van der Waals surface area contributed by atoms with Crippen LogP contribution in [0.5, 0.6) is 0 Å². The van der Waals surface area contributed by atoms with Crippen LogP contribution in [-0.4, -0.2) is 24.5 Å². The zero-order valence-electron chi connectivity index (χ0n) is 16.4. The molecule has 144 valence electrons. The summed E-state index contributed by atoms with van der Waals surface area (Å²) >= 11 is 0. The summed E-state index contributed by atoms with van der Waals surface area (Å²) in [4.78, 5) is 40.1. The summed E-state index contributed by atoms with van der Waals surface area (Å²) in [5, 5.41) is 3.26. The van der Waals surface area contributed by atoms with Crippen LogP contribution >= 0.6 is 0 Å². The van der Waals surface area contributed by atoms with Gasteiger partial charge in [-0.05, 0) is 31.2 Å². The zero-order valence-corrected chi connectivity index (χ0v) is 16.4. The van der Waals surface area contributed by atoms with E-state index in [0.29, 0.717) is 28.1 Å². The van der Waals surface area contributed by atoms with E-state index < -0.39 is 0 Å². The topological polar surface area (TPSA) is 66.5 Å². The Morgan fingerprint density at radius 2 is 1.41 bits per heavy atom. The normalized spacial score (nSPS) is 12.2. The fourth-order valence-corrected chi connectivity index (χ4v) is 3.55. The summed E-state index contributed by atoms with van der Waals surface area (Å²) in [5.41, 5.74) is 4.17. The van der Waals surface area contributed by atoms with Gasteiger partial charge in [-0.1, -0.05) is 42.0 Å². The number of nitrogens with zero attached hydrogens (tertiary/aromatic N) is 1. The lowest BCUT2D eigenvalue weighted by molar-refractivity contribution is -0.116. The number of nitrogens with one attached hydrogen (secondary N) is 1. The molecule has 0 aliphatic heterocycles. The molecule has 5 nitrogen and oxygen atoms in total. The molecule has 0 fully saturated rings. The van der Waals surface area contributed by atoms with Gasteiger partial charge in [0.25, 0.3) is 0 Å². The minimum absolute atomic E-state index is 0.217. The van der Waals surface area contributed by atoms with E-state index in [2.05, 4.69) is 5.32 Å². The van der Waals surface area contributed by atoms with Gasteiger partial charge in [0.2, 0.25) is 5.91 Å². The number of anilines is 3. The molecule has 1 aliphatic carbocycles. The second-order valence-corrected chi connectivity index (χ2v) is 7.16. The number of amides is 1. The Bertz CT molecular complexity index is 1160. The molecule has 1 amide bonds. The van der Waals surface area contributed by atoms with Gasteiger partial charge < -0.3 is 10.2 Å². The van der Waals surface area contributed by atoms with Crippen molar-refractivity contribution in [2.45, 2.75) is 13.8 Å². The van der Waals surface area contributed by atoms with Gasteiger partial charge in [0.15, 0.2) is 11.6 Å². The lowest BCUT2D eigenvalue weighted by Crippen LogP contribution is -2.29. The van der Waals surface area contributed by atoms with Crippen molar-refractivity contribution in [3.63, 3.8) is 0 Å². The van der Waals surface area contributed by atoms with E-state index in [9.17, 15) is 14.4 Å². The maximum Gasteiger partial charge on any atom is 0.223 e. The molecule has 0 aromatic heterocycles. The third-order valence-corrected chi connectivity index (χ3v) is 5.22. The quantitative estimate of drug-likeness (QED) is 0.565. The number of benzene rings is 3. The lowest BCUT2D eigenvalue weighted by Gasteiger charge is -2.26. The van der Waals surface area contributed by atoms with E-state index in [-0.39, 0.29) is 23.0 Å². The predicted octanol–water partition coefficient (Wildman–Crippen LogP) is 4.50. The minimum atomic E-state index is -0.258. The van der Waals surface area contributed by atoms with Crippen molar-refractivity contribution >= 4 is 34.5 Å². The largest absolute Gasteiger partial charge is 0.355 e. The third kappa shape index (κ3) is 3.10. The fraction of sp³-hybridized carbons (Fsp3) is 0.125.